The van der Waals surface area contributed by atoms with E-state index in [2.05, 4.69) is 15.9 Å². The van der Waals surface area contributed by atoms with Crippen LogP contribution in [0.2, 0.25) is 0 Å². The summed E-state index contributed by atoms with van der Waals surface area (Å²) in [6.07, 6.45) is 1.61. The summed E-state index contributed by atoms with van der Waals surface area (Å²) in [5, 5.41) is 8.82. The standard InChI is InChI=1S/C13H21BrO5/c1-3-5-7-13(10(15)9-14,8-6-11(16)17)12(18)19-4-2/h3-9H2,1-2H3,(H,16,17). The molecule has 0 spiro atoms. The molecule has 0 aromatic heterocycles. The Morgan fingerprint density at radius 2 is 1.84 bits per heavy atom. The molecule has 0 bridgehead atoms. The number of Topliss-reactive ketones (excluding diaryl/α,β-unsaturated/α-hetero) is 1. The molecule has 0 aliphatic rings. The first-order valence-corrected chi connectivity index (χ1v) is 7.55. The van der Waals surface area contributed by atoms with Crippen LogP contribution >= 0.6 is 15.9 Å². The zero-order chi connectivity index (χ0) is 14.9. The number of carboxylic acid groups (broad SMARTS) is 1. The molecule has 0 saturated carbocycles. The van der Waals surface area contributed by atoms with Crippen LogP contribution in [0.25, 0.3) is 0 Å². The van der Waals surface area contributed by atoms with Crippen LogP contribution in [-0.2, 0) is 19.1 Å². The van der Waals surface area contributed by atoms with Crippen molar-refractivity contribution in [3.05, 3.63) is 0 Å². The third-order valence-corrected chi connectivity index (χ3v) is 3.55. The van der Waals surface area contributed by atoms with Crippen molar-refractivity contribution in [2.45, 2.75) is 46.0 Å². The third-order valence-electron chi connectivity index (χ3n) is 3.04. The predicted molar refractivity (Wildman–Crippen MR) is 74.3 cm³/mol. The SMILES string of the molecule is CCCCC(CCC(=O)O)(C(=O)CBr)C(=O)OCC. The fraction of sp³-hybridized carbons (Fsp3) is 0.769. The average Bonchev–Trinajstić information content (AvgIpc) is 2.38. The van der Waals surface area contributed by atoms with Crippen molar-refractivity contribution in [3.63, 3.8) is 0 Å². The number of esters is 1. The molecule has 1 unspecified atom stereocenters. The Balaban J connectivity index is 5.23. The molecular formula is C13H21BrO5. The van der Waals surface area contributed by atoms with Crippen LogP contribution in [0.3, 0.4) is 0 Å². The van der Waals surface area contributed by atoms with Gasteiger partial charge in [0.05, 0.1) is 11.9 Å². The van der Waals surface area contributed by atoms with E-state index in [9.17, 15) is 14.4 Å². The largest absolute Gasteiger partial charge is 0.481 e. The van der Waals surface area contributed by atoms with E-state index in [0.29, 0.717) is 12.8 Å². The summed E-state index contributed by atoms with van der Waals surface area (Å²) in [5.41, 5.74) is -1.33. The normalized spacial score (nSPS) is 13.6. The number of carboxylic acids is 1. The molecule has 0 rings (SSSR count). The summed E-state index contributed by atoms with van der Waals surface area (Å²) in [6.45, 7) is 3.79. The number of aliphatic carboxylic acids is 1. The van der Waals surface area contributed by atoms with E-state index >= 15 is 0 Å². The van der Waals surface area contributed by atoms with Gasteiger partial charge in [-0.15, -0.1) is 0 Å². The lowest BCUT2D eigenvalue weighted by Crippen LogP contribution is -2.42. The van der Waals surface area contributed by atoms with Gasteiger partial charge < -0.3 is 9.84 Å². The number of carbonyl (C=O) groups excluding carboxylic acids is 2. The van der Waals surface area contributed by atoms with E-state index in [1.54, 1.807) is 6.92 Å². The van der Waals surface area contributed by atoms with Crippen LogP contribution in [0.5, 0.6) is 0 Å². The summed E-state index contributed by atoms with van der Waals surface area (Å²) < 4.78 is 4.99. The van der Waals surface area contributed by atoms with Gasteiger partial charge in [-0.05, 0) is 19.8 Å². The number of halogens is 1. The van der Waals surface area contributed by atoms with Crippen LogP contribution in [0.1, 0.15) is 46.0 Å². The second-order valence-corrected chi connectivity index (χ2v) is 4.92. The summed E-state index contributed by atoms with van der Waals surface area (Å²) in [5.74, 6) is -1.93. The monoisotopic (exact) mass is 336 g/mol. The number of ketones is 1. The van der Waals surface area contributed by atoms with E-state index < -0.39 is 17.4 Å². The van der Waals surface area contributed by atoms with Crippen molar-refractivity contribution >= 4 is 33.7 Å². The lowest BCUT2D eigenvalue weighted by Gasteiger charge is -2.29. The number of hydrogen-bond donors (Lipinski definition) is 1. The number of hydrogen-bond acceptors (Lipinski definition) is 4. The molecule has 1 N–H and O–H groups in total. The first-order valence-electron chi connectivity index (χ1n) is 6.42. The van der Waals surface area contributed by atoms with Gasteiger partial charge in [-0.25, -0.2) is 0 Å². The molecule has 0 heterocycles. The lowest BCUT2D eigenvalue weighted by molar-refractivity contribution is -0.161. The second kappa shape index (κ2) is 9.07. The van der Waals surface area contributed by atoms with Gasteiger partial charge in [0, 0.05) is 6.42 Å². The Hall–Kier alpha value is -0.910. The maximum atomic E-state index is 12.1. The fourth-order valence-electron chi connectivity index (χ4n) is 1.92. The molecule has 110 valence electrons. The minimum atomic E-state index is -1.33. The Bertz CT molecular complexity index is 329. The zero-order valence-corrected chi connectivity index (χ0v) is 13.0. The summed E-state index contributed by atoms with van der Waals surface area (Å²) >= 11 is 3.06. The minimum absolute atomic E-state index is 0.00833. The quantitative estimate of drug-likeness (QED) is 0.376. The van der Waals surface area contributed by atoms with E-state index in [1.807, 2.05) is 6.92 Å². The highest BCUT2D eigenvalue weighted by Crippen LogP contribution is 2.34. The molecule has 0 amide bonds. The highest BCUT2D eigenvalue weighted by atomic mass is 79.9. The first kappa shape index (κ1) is 18.1. The molecule has 5 nitrogen and oxygen atoms in total. The first-order chi connectivity index (χ1) is 8.94. The summed E-state index contributed by atoms with van der Waals surface area (Å²) in [7, 11) is 0. The van der Waals surface area contributed by atoms with Gasteiger partial charge in [-0.2, -0.15) is 0 Å². The molecule has 0 fully saturated rings. The maximum Gasteiger partial charge on any atom is 0.319 e. The van der Waals surface area contributed by atoms with Crippen molar-refractivity contribution < 1.29 is 24.2 Å². The Morgan fingerprint density at radius 3 is 2.26 bits per heavy atom. The van der Waals surface area contributed by atoms with Crippen molar-refractivity contribution in [1.82, 2.24) is 0 Å². The molecule has 0 radical (unpaired) electrons. The average molecular weight is 337 g/mol. The van der Waals surface area contributed by atoms with Gasteiger partial charge in [-0.1, -0.05) is 35.7 Å². The molecule has 19 heavy (non-hydrogen) atoms. The van der Waals surface area contributed by atoms with Crippen LogP contribution in [0.15, 0.2) is 0 Å². The highest BCUT2D eigenvalue weighted by Gasteiger charge is 2.45. The van der Waals surface area contributed by atoms with Crippen molar-refractivity contribution in [3.8, 4) is 0 Å². The molecule has 0 aliphatic carbocycles. The molecule has 0 saturated heterocycles. The van der Waals surface area contributed by atoms with Gasteiger partial charge in [0.1, 0.15) is 5.41 Å². The van der Waals surface area contributed by atoms with E-state index in [4.69, 9.17) is 9.84 Å². The van der Waals surface area contributed by atoms with Crippen LogP contribution in [-0.4, -0.2) is 34.8 Å². The maximum absolute atomic E-state index is 12.1. The van der Waals surface area contributed by atoms with Crippen LogP contribution < -0.4 is 0 Å². The van der Waals surface area contributed by atoms with Gasteiger partial charge >= 0.3 is 11.9 Å². The molecule has 0 aromatic rings. The number of alkyl halides is 1. The number of unbranched alkanes of at least 4 members (excludes halogenated alkanes) is 1. The van der Waals surface area contributed by atoms with E-state index in [0.717, 1.165) is 6.42 Å². The predicted octanol–water partition coefficient (Wildman–Crippen LogP) is 2.55. The van der Waals surface area contributed by atoms with Crippen molar-refractivity contribution in [2.75, 3.05) is 11.9 Å². The Morgan fingerprint density at radius 1 is 1.21 bits per heavy atom. The lowest BCUT2D eigenvalue weighted by atomic mass is 9.75. The second-order valence-electron chi connectivity index (χ2n) is 4.36. The number of ether oxygens (including phenoxy) is 1. The smallest absolute Gasteiger partial charge is 0.319 e. The number of carbonyl (C=O) groups is 3. The molecule has 1 atom stereocenters. The van der Waals surface area contributed by atoms with Gasteiger partial charge in [0.25, 0.3) is 0 Å². The minimum Gasteiger partial charge on any atom is -0.481 e. The topological polar surface area (TPSA) is 80.7 Å². The third kappa shape index (κ3) is 5.30. The van der Waals surface area contributed by atoms with Gasteiger partial charge in [0.2, 0.25) is 0 Å². The zero-order valence-electron chi connectivity index (χ0n) is 11.4. The molecule has 0 aromatic carbocycles. The van der Waals surface area contributed by atoms with E-state index in [-0.39, 0.29) is 30.6 Å². The Labute approximate surface area is 121 Å². The summed E-state index contributed by atoms with van der Waals surface area (Å²) in [4.78, 5) is 35.0. The molecule has 0 aliphatic heterocycles. The van der Waals surface area contributed by atoms with Crippen LogP contribution in [0, 0.1) is 5.41 Å². The molecule has 6 heteroatoms. The van der Waals surface area contributed by atoms with Crippen molar-refractivity contribution in [2.24, 2.45) is 5.41 Å². The van der Waals surface area contributed by atoms with E-state index in [1.165, 1.54) is 0 Å². The van der Waals surface area contributed by atoms with Crippen LogP contribution in [0.4, 0.5) is 0 Å². The summed E-state index contributed by atoms with van der Waals surface area (Å²) in [6, 6.07) is 0. The fourth-order valence-corrected chi connectivity index (χ4v) is 2.45. The van der Waals surface area contributed by atoms with Gasteiger partial charge in [-0.3, -0.25) is 14.4 Å². The Kier molecular flexibility index (Phi) is 8.63. The number of rotatable bonds is 10. The van der Waals surface area contributed by atoms with Crippen molar-refractivity contribution in [1.29, 1.82) is 0 Å². The molecular weight excluding hydrogens is 316 g/mol. The highest BCUT2D eigenvalue weighted by molar-refractivity contribution is 9.09. The van der Waals surface area contributed by atoms with Gasteiger partial charge in [0.15, 0.2) is 5.78 Å².